The maximum atomic E-state index is 10.7. The van der Waals surface area contributed by atoms with Crippen molar-refractivity contribution >= 4 is 5.78 Å². The number of carbonyl (C=O) groups excluding carboxylic acids is 1. The van der Waals surface area contributed by atoms with Crippen LogP contribution < -0.4 is 0 Å². The molecule has 3 nitrogen and oxygen atoms in total. The smallest absolute Gasteiger partial charge is 0.129 e. The zero-order valence-electron chi connectivity index (χ0n) is 8.07. The normalized spacial score (nSPS) is 34.5. The van der Waals surface area contributed by atoms with E-state index in [0.29, 0.717) is 12.8 Å². The van der Waals surface area contributed by atoms with Gasteiger partial charge in [0.05, 0.1) is 12.2 Å². The molecule has 2 unspecified atom stereocenters. The number of ketones is 1. The van der Waals surface area contributed by atoms with Gasteiger partial charge >= 0.3 is 0 Å². The lowest BCUT2D eigenvalue weighted by atomic mass is 9.81. The molecular formula is C10H18O3. The molecule has 0 aromatic carbocycles. The van der Waals surface area contributed by atoms with Crippen LogP contribution in [-0.4, -0.2) is 28.2 Å². The molecule has 2 atom stereocenters. The highest BCUT2D eigenvalue weighted by Crippen LogP contribution is 2.28. The molecule has 0 aromatic heterocycles. The Morgan fingerprint density at radius 1 is 1.31 bits per heavy atom. The Bertz CT molecular complexity index is 169. The summed E-state index contributed by atoms with van der Waals surface area (Å²) in [6.45, 7) is 1.54. The third-order valence-corrected chi connectivity index (χ3v) is 2.82. The van der Waals surface area contributed by atoms with Gasteiger partial charge < -0.3 is 15.0 Å². The number of hydrogen-bond donors (Lipinski definition) is 2. The van der Waals surface area contributed by atoms with Crippen molar-refractivity contribution in [1.82, 2.24) is 0 Å². The fourth-order valence-corrected chi connectivity index (χ4v) is 1.98. The van der Waals surface area contributed by atoms with E-state index < -0.39 is 12.2 Å². The van der Waals surface area contributed by atoms with Crippen LogP contribution in [0.25, 0.3) is 0 Å². The average molecular weight is 186 g/mol. The van der Waals surface area contributed by atoms with Gasteiger partial charge in [-0.1, -0.05) is 0 Å². The van der Waals surface area contributed by atoms with E-state index >= 15 is 0 Å². The Morgan fingerprint density at radius 2 is 1.85 bits per heavy atom. The van der Waals surface area contributed by atoms with Gasteiger partial charge in [-0.15, -0.1) is 0 Å². The molecule has 1 aliphatic carbocycles. The quantitative estimate of drug-likeness (QED) is 0.687. The number of carbonyl (C=O) groups is 1. The highest BCUT2D eigenvalue weighted by atomic mass is 16.3. The summed E-state index contributed by atoms with van der Waals surface area (Å²) >= 11 is 0. The fourth-order valence-electron chi connectivity index (χ4n) is 1.98. The predicted octanol–water partition coefficient (Wildman–Crippen LogP) is 0.877. The molecule has 0 aromatic rings. The van der Waals surface area contributed by atoms with E-state index in [1.807, 2.05) is 0 Å². The summed E-state index contributed by atoms with van der Waals surface area (Å²) in [6, 6.07) is 0. The Balaban J connectivity index is 2.39. The molecule has 0 heterocycles. The van der Waals surface area contributed by atoms with E-state index in [2.05, 4.69) is 0 Å². The standard InChI is InChI=1S/C10H18O3/c1-7(11)5-6-8-9(12)3-2-4-10(8)13/h8-10,12-13H,2-6H2,1H3. The second kappa shape index (κ2) is 4.72. The Morgan fingerprint density at radius 3 is 2.31 bits per heavy atom. The van der Waals surface area contributed by atoms with Crippen LogP contribution in [0.5, 0.6) is 0 Å². The maximum absolute atomic E-state index is 10.7. The molecule has 1 rings (SSSR count). The second-order valence-electron chi connectivity index (χ2n) is 3.97. The van der Waals surface area contributed by atoms with Gasteiger partial charge in [0.1, 0.15) is 5.78 Å². The molecule has 0 saturated heterocycles. The van der Waals surface area contributed by atoms with Crippen molar-refractivity contribution in [2.24, 2.45) is 5.92 Å². The lowest BCUT2D eigenvalue weighted by Gasteiger charge is -2.32. The molecule has 13 heavy (non-hydrogen) atoms. The van der Waals surface area contributed by atoms with Gasteiger partial charge in [-0.25, -0.2) is 0 Å². The highest BCUT2D eigenvalue weighted by Gasteiger charge is 2.30. The highest BCUT2D eigenvalue weighted by molar-refractivity contribution is 5.75. The third kappa shape index (κ3) is 3.08. The minimum atomic E-state index is -0.414. The van der Waals surface area contributed by atoms with E-state index in [9.17, 15) is 15.0 Å². The Hall–Kier alpha value is -0.410. The number of rotatable bonds is 3. The van der Waals surface area contributed by atoms with Crippen molar-refractivity contribution in [2.45, 2.75) is 51.2 Å². The van der Waals surface area contributed by atoms with Gasteiger partial charge in [-0.3, -0.25) is 0 Å². The van der Waals surface area contributed by atoms with Crippen LogP contribution in [-0.2, 0) is 4.79 Å². The maximum Gasteiger partial charge on any atom is 0.129 e. The third-order valence-electron chi connectivity index (χ3n) is 2.82. The lowest BCUT2D eigenvalue weighted by molar-refractivity contribution is -0.118. The van der Waals surface area contributed by atoms with Crippen LogP contribution in [0.3, 0.4) is 0 Å². The summed E-state index contributed by atoms with van der Waals surface area (Å²) in [5.74, 6) is 0.0441. The molecule has 1 saturated carbocycles. The fraction of sp³-hybridized carbons (Fsp3) is 0.900. The van der Waals surface area contributed by atoms with E-state index in [1.54, 1.807) is 6.92 Å². The van der Waals surface area contributed by atoms with Crippen LogP contribution in [0.15, 0.2) is 0 Å². The Labute approximate surface area is 78.8 Å². The minimum absolute atomic E-state index is 0.0855. The van der Waals surface area contributed by atoms with Crippen molar-refractivity contribution in [3.63, 3.8) is 0 Å². The van der Waals surface area contributed by atoms with E-state index in [0.717, 1.165) is 19.3 Å². The van der Waals surface area contributed by atoms with Crippen LogP contribution >= 0.6 is 0 Å². The summed E-state index contributed by atoms with van der Waals surface area (Å²) < 4.78 is 0. The molecule has 0 radical (unpaired) electrons. The molecule has 0 aliphatic heterocycles. The Kier molecular flexibility index (Phi) is 3.88. The first kappa shape index (κ1) is 10.7. The molecule has 2 N–H and O–H groups in total. The molecule has 0 amide bonds. The first-order valence-electron chi connectivity index (χ1n) is 4.97. The van der Waals surface area contributed by atoms with Crippen molar-refractivity contribution < 1.29 is 15.0 Å². The van der Waals surface area contributed by atoms with Gasteiger partial charge in [0, 0.05) is 12.3 Å². The molecule has 0 bridgehead atoms. The molecule has 1 aliphatic rings. The summed E-state index contributed by atoms with van der Waals surface area (Å²) in [5.41, 5.74) is 0. The van der Waals surface area contributed by atoms with Gasteiger partial charge in [0.25, 0.3) is 0 Å². The predicted molar refractivity (Wildman–Crippen MR) is 49.3 cm³/mol. The van der Waals surface area contributed by atoms with E-state index in [-0.39, 0.29) is 11.7 Å². The number of hydrogen-bond acceptors (Lipinski definition) is 3. The summed E-state index contributed by atoms with van der Waals surface area (Å²) in [5, 5.41) is 19.2. The number of Topliss-reactive ketones (excluding diaryl/α,β-unsaturated/α-hetero) is 1. The minimum Gasteiger partial charge on any atom is -0.393 e. The van der Waals surface area contributed by atoms with Crippen molar-refractivity contribution in [2.75, 3.05) is 0 Å². The van der Waals surface area contributed by atoms with Gasteiger partial charge in [0.2, 0.25) is 0 Å². The van der Waals surface area contributed by atoms with Crippen molar-refractivity contribution in [3.05, 3.63) is 0 Å². The molecule has 0 spiro atoms. The van der Waals surface area contributed by atoms with E-state index in [4.69, 9.17) is 0 Å². The monoisotopic (exact) mass is 186 g/mol. The SMILES string of the molecule is CC(=O)CCC1C(O)CCCC1O. The largest absolute Gasteiger partial charge is 0.393 e. The number of aliphatic hydroxyl groups excluding tert-OH is 2. The first-order valence-corrected chi connectivity index (χ1v) is 4.97. The summed E-state index contributed by atoms with van der Waals surface area (Å²) in [7, 11) is 0. The molecule has 76 valence electrons. The lowest BCUT2D eigenvalue weighted by Crippen LogP contribution is -2.36. The van der Waals surface area contributed by atoms with Crippen molar-refractivity contribution in [1.29, 1.82) is 0 Å². The van der Waals surface area contributed by atoms with Crippen LogP contribution in [0.1, 0.15) is 39.0 Å². The van der Waals surface area contributed by atoms with Gasteiger partial charge in [-0.2, -0.15) is 0 Å². The zero-order valence-corrected chi connectivity index (χ0v) is 8.07. The van der Waals surface area contributed by atoms with Crippen LogP contribution in [0.2, 0.25) is 0 Å². The van der Waals surface area contributed by atoms with Gasteiger partial charge in [-0.05, 0) is 32.6 Å². The van der Waals surface area contributed by atoms with E-state index in [1.165, 1.54) is 0 Å². The van der Waals surface area contributed by atoms with Crippen LogP contribution in [0.4, 0.5) is 0 Å². The second-order valence-corrected chi connectivity index (χ2v) is 3.97. The average Bonchev–Trinajstić information content (AvgIpc) is 2.03. The molecular weight excluding hydrogens is 168 g/mol. The van der Waals surface area contributed by atoms with Gasteiger partial charge in [0.15, 0.2) is 0 Å². The molecule has 1 fully saturated rings. The zero-order chi connectivity index (χ0) is 9.84. The first-order chi connectivity index (χ1) is 6.11. The summed E-state index contributed by atoms with van der Waals surface area (Å²) in [6.07, 6.45) is 2.68. The topological polar surface area (TPSA) is 57.5 Å². The van der Waals surface area contributed by atoms with Crippen LogP contribution in [0, 0.1) is 5.92 Å². The summed E-state index contributed by atoms with van der Waals surface area (Å²) in [4.78, 5) is 10.7. The van der Waals surface area contributed by atoms with Crippen molar-refractivity contribution in [3.8, 4) is 0 Å². The number of aliphatic hydroxyl groups is 2. The molecule has 3 heteroatoms.